The number of ether oxygens (including phenoxy) is 3. The highest BCUT2D eigenvalue weighted by molar-refractivity contribution is 5.81. The fourth-order valence-corrected chi connectivity index (χ4v) is 7.86. The molecule has 6 heterocycles. The van der Waals surface area contributed by atoms with Gasteiger partial charge < -0.3 is 30.2 Å². The van der Waals surface area contributed by atoms with Crippen LogP contribution in [0, 0.1) is 12.7 Å². The minimum atomic E-state index is -0.418. The van der Waals surface area contributed by atoms with Crippen molar-refractivity contribution in [3.8, 4) is 51.2 Å². The van der Waals surface area contributed by atoms with E-state index >= 15 is 4.39 Å². The van der Waals surface area contributed by atoms with Crippen molar-refractivity contribution in [1.29, 1.82) is 0 Å². The third kappa shape index (κ3) is 6.14. The van der Waals surface area contributed by atoms with E-state index in [2.05, 4.69) is 30.8 Å². The number of amides is 2. The second-order valence-electron chi connectivity index (χ2n) is 13.8. The summed E-state index contributed by atoms with van der Waals surface area (Å²) in [6.07, 6.45) is 4.35. The Morgan fingerprint density at radius 3 is 2.45 bits per heavy atom. The number of likely N-dealkylation sites (tertiary alicyclic amines) is 1. The molecule has 4 aliphatic rings. The van der Waals surface area contributed by atoms with Gasteiger partial charge >= 0.3 is 0 Å². The molecule has 8 rings (SSSR count). The van der Waals surface area contributed by atoms with Crippen LogP contribution in [0.3, 0.4) is 0 Å². The van der Waals surface area contributed by atoms with Gasteiger partial charge in [-0.1, -0.05) is 30.3 Å². The van der Waals surface area contributed by atoms with Crippen LogP contribution in [0.4, 0.5) is 4.39 Å². The number of rotatable bonds is 10. The van der Waals surface area contributed by atoms with Crippen molar-refractivity contribution in [3.63, 3.8) is 0 Å². The average Bonchev–Trinajstić information content (AvgIpc) is 3.85. The van der Waals surface area contributed by atoms with Crippen LogP contribution in [-0.4, -0.2) is 83.7 Å². The Hall–Kier alpha value is -5.14. The number of halogens is 1. The highest BCUT2D eigenvalue weighted by Crippen LogP contribution is 2.43. The lowest BCUT2D eigenvalue weighted by atomic mass is 9.88. The lowest BCUT2D eigenvalue weighted by molar-refractivity contribution is -0.121. The molecule has 13 heteroatoms. The third-order valence-corrected chi connectivity index (χ3v) is 10.5. The number of nitrogens with zero attached hydrogens (tertiary/aromatic N) is 4. The number of carbonyl (C=O) groups is 2. The van der Waals surface area contributed by atoms with Gasteiger partial charge in [-0.2, -0.15) is 0 Å². The van der Waals surface area contributed by atoms with Crippen LogP contribution < -0.4 is 30.2 Å². The topological polar surface area (TPSA) is 140 Å². The van der Waals surface area contributed by atoms with Crippen molar-refractivity contribution < 1.29 is 28.2 Å². The zero-order valence-electron chi connectivity index (χ0n) is 28.8. The van der Waals surface area contributed by atoms with Gasteiger partial charge in [-0.25, -0.2) is 14.4 Å². The average molecular weight is 694 g/mol. The van der Waals surface area contributed by atoms with Gasteiger partial charge in [0.25, 0.3) is 0 Å². The molecule has 2 unspecified atom stereocenters. The van der Waals surface area contributed by atoms with E-state index in [9.17, 15) is 9.59 Å². The zero-order chi connectivity index (χ0) is 35.3. The summed E-state index contributed by atoms with van der Waals surface area (Å²) in [4.78, 5) is 39.8. The molecule has 12 nitrogen and oxygen atoms in total. The Morgan fingerprint density at radius 1 is 0.980 bits per heavy atom. The van der Waals surface area contributed by atoms with Crippen molar-refractivity contribution in [2.45, 2.75) is 56.8 Å². The van der Waals surface area contributed by atoms with Crippen LogP contribution in [0.2, 0.25) is 0 Å². The van der Waals surface area contributed by atoms with E-state index in [1.54, 1.807) is 25.4 Å². The molecule has 3 N–H and O–H groups in total. The van der Waals surface area contributed by atoms with Gasteiger partial charge in [-0.15, -0.1) is 0 Å². The first kappa shape index (κ1) is 33.0. The molecule has 2 aromatic heterocycles. The standard InChI is InChI=1S/C38H40FN7O5/c1-21-23(6-4-7-24(21)27-14-31-34(37(43-27)50-3)30(18-51-31)40-15-22-10-11-32(47)42-22)25-8-5-9-26(35(25)39)28-16-41-29(36(44-28)49-2)17-46-19-38(20-46)13-12-33(48)45-38/h4-9,14,16,22,30,40H,10-13,15,17-20H2,1-3H3,(H,42,47)(H,45,48). The highest BCUT2D eigenvalue weighted by atomic mass is 19.1. The summed E-state index contributed by atoms with van der Waals surface area (Å²) in [6, 6.07) is 12.9. The molecule has 264 valence electrons. The maximum atomic E-state index is 16.5. The first-order chi connectivity index (χ1) is 24.7. The van der Waals surface area contributed by atoms with Crippen molar-refractivity contribution >= 4 is 11.8 Å². The highest BCUT2D eigenvalue weighted by Gasteiger charge is 2.47. The lowest BCUT2D eigenvalue weighted by Crippen LogP contribution is -2.66. The molecule has 1 spiro atoms. The second-order valence-corrected chi connectivity index (χ2v) is 13.8. The van der Waals surface area contributed by atoms with Gasteiger partial charge in [0.2, 0.25) is 23.6 Å². The van der Waals surface area contributed by atoms with Crippen molar-refractivity contribution in [1.82, 2.24) is 35.8 Å². The largest absolute Gasteiger partial charge is 0.491 e. The minimum Gasteiger partial charge on any atom is -0.491 e. The summed E-state index contributed by atoms with van der Waals surface area (Å²) in [6.45, 7) is 5.02. The number of pyridine rings is 1. The first-order valence-electron chi connectivity index (χ1n) is 17.3. The van der Waals surface area contributed by atoms with E-state index in [0.29, 0.717) is 78.3 Å². The SMILES string of the molecule is COc1nc(-c2cccc(-c3cccc(-c4cc5c(c(OC)n4)C(NCC4CCC(=O)N4)CO5)c3C)c2F)cnc1CN1CC2(CCC(=O)N2)C1. The van der Waals surface area contributed by atoms with Gasteiger partial charge in [0, 0.05) is 67.8 Å². The molecular formula is C38H40FN7O5. The molecule has 2 atom stereocenters. The van der Waals surface area contributed by atoms with Gasteiger partial charge in [-0.3, -0.25) is 19.5 Å². The number of aromatic nitrogens is 3. The third-order valence-electron chi connectivity index (χ3n) is 10.5. The molecule has 3 fully saturated rings. The number of benzene rings is 2. The van der Waals surface area contributed by atoms with Crippen LogP contribution in [0.5, 0.6) is 17.5 Å². The van der Waals surface area contributed by atoms with Crippen LogP contribution in [0.25, 0.3) is 33.6 Å². The predicted molar refractivity (Wildman–Crippen MR) is 187 cm³/mol. The van der Waals surface area contributed by atoms with Crippen molar-refractivity contribution in [2.75, 3.05) is 40.5 Å². The Morgan fingerprint density at radius 2 is 1.73 bits per heavy atom. The van der Waals surface area contributed by atoms with E-state index in [1.165, 1.54) is 7.11 Å². The normalized spacial score (nSPS) is 20.5. The molecule has 51 heavy (non-hydrogen) atoms. The molecule has 4 aromatic rings. The molecule has 0 bridgehead atoms. The molecule has 3 saturated heterocycles. The van der Waals surface area contributed by atoms with Crippen molar-refractivity contribution in [2.24, 2.45) is 0 Å². The molecule has 4 aliphatic heterocycles. The van der Waals surface area contributed by atoms with Gasteiger partial charge in [0.05, 0.1) is 48.9 Å². The quantitative estimate of drug-likeness (QED) is 0.223. The maximum Gasteiger partial charge on any atom is 0.237 e. The first-order valence-corrected chi connectivity index (χ1v) is 17.3. The van der Waals surface area contributed by atoms with Crippen LogP contribution in [0.1, 0.15) is 48.5 Å². The lowest BCUT2D eigenvalue weighted by Gasteiger charge is -2.47. The summed E-state index contributed by atoms with van der Waals surface area (Å²) >= 11 is 0. The fraction of sp³-hybridized carbons (Fsp3) is 0.395. The van der Waals surface area contributed by atoms with E-state index in [0.717, 1.165) is 48.2 Å². The van der Waals surface area contributed by atoms with Crippen LogP contribution in [-0.2, 0) is 16.1 Å². The molecule has 2 amide bonds. The summed E-state index contributed by atoms with van der Waals surface area (Å²) in [7, 11) is 3.12. The summed E-state index contributed by atoms with van der Waals surface area (Å²) < 4.78 is 34.0. The molecule has 2 aromatic carbocycles. The smallest absolute Gasteiger partial charge is 0.237 e. The van der Waals surface area contributed by atoms with Gasteiger partial charge in [-0.05, 0) is 37.0 Å². The number of methoxy groups -OCH3 is 2. The molecule has 0 radical (unpaired) electrons. The molecule has 0 aliphatic carbocycles. The number of fused-ring (bicyclic) bond motifs is 1. The fourth-order valence-electron chi connectivity index (χ4n) is 7.86. The van der Waals surface area contributed by atoms with E-state index in [1.807, 2.05) is 37.3 Å². The summed E-state index contributed by atoms with van der Waals surface area (Å²) in [5.41, 5.74) is 5.51. The Balaban J connectivity index is 1.04. The van der Waals surface area contributed by atoms with Crippen molar-refractivity contribution in [3.05, 3.63) is 71.3 Å². The Labute approximate surface area is 295 Å². The zero-order valence-corrected chi connectivity index (χ0v) is 28.8. The minimum absolute atomic E-state index is 0.0789. The summed E-state index contributed by atoms with van der Waals surface area (Å²) in [5, 5.41) is 9.59. The van der Waals surface area contributed by atoms with Crippen LogP contribution in [0.15, 0.2) is 48.7 Å². The number of hydrogen-bond acceptors (Lipinski definition) is 10. The second kappa shape index (κ2) is 13.2. The Bertz CT molecular complexity index is 2030. The summed E-state index contributed by atoms with van der Waals surface area (Å²) in [5.74, 6) is 1.24. The van der Waals surface area contributed by atoms with Gasteiger partial charge in [0.1, 0.15) is 23.9 Å². The van der Waals surface area contributed by atoms with Crippen LogP contribution >= 0.6 is 0 Å². The van der Waals surface area contributed by atoms with E-state index < -0.39 is 5.82 Å². The monoisotopic (exact) mass is 693 g/mol. The Kier molecular flexibility index (Phi) is 8.55. The van der Waals surface area contributed by atoms with Gasteiger partial charge in [0.15, 0.2) is 0 Å². The number of nitrogens with one attached hydrogen (secondary N) is 3. The molecular weight excluding hydrogens is 653 g/mol. The number of carbonyl (C=O) groups excluding carboxylic acids is 2. The molecule has 0 saturated carbocycles. The maximum absolute atomic E-state index is 16.5. The predicted octanol–water partition coefficient (Wildman–Crippen LogP) is 4.10. The van der Waals surface area contributed by atoms with E-state index in [-0.39, 0.29) is 29.4 Å². The number of hydrogen-bond donors (Lipinski definition) is 3. The van der Waals surface area contributed by atoms with E-state index in [4.69, 9.17) is 19.2 Å².